The van der Waals surface area contributed by atoms with E-state index in [4.69, 9.17) is 23.2 Å². The molecule has 2 rings (SSSR count). The second-order valence-electron chi connectivity index (χ2n) is 2.98. The third kappa shape index (κ3) is 2.13. The number of aromatic nitrogens is 2. The number of halogens is 3. The van der Waals surface area contributed by atoms with Crippen molar-refractivity contribution in [2.75, 3.05) is 0 Å². The molecule has 1 aromatic heterocycles. The maximum atomic E-state index is 13.0. The van der Waals surface area contributed by atoms with Crippen LogP contribution in [0.1, 0.15) is 5.69 Å². The molecule has 0 unspecified atom stereocenters. The Kier molecular flexibility index (Phi) is 2.93. The van der Waals surface area contributed by atoms with E-state index in [0.29, 0.717) is 16.6 Å². The molecular formula is C10H7Cl2FN2. The minimum Gasteiger partial charge on any atom is -0.239 e. The van der Waals surface area contributed by atoms with Crippen molar-refractivity contribution in [3.63, 3.8) is 0 Å². The van der Waals surface area contributed by atoms with Gasteiger partial charge in [0.15, 0.2) is 0 Å². The molecule has 0 atom stereocenters. The highest BCUT2D eigenvalue weighted by atomic mass is 35.5. The van der Waals surface area contributed by atoms with E-state index in [1.165, 1.54) is 22.9 Å². The molecule has 0 fully saturated rings. The Morgan fingerprint density at radius 2 is 2.13 bits per heavy atom. The van der Waals surface area contributed by atoms with E-state index in [-0.39, 0.29) is 5.82 Å². The standard InChI is InChI=1S/C10H7Cl2FN2/c11-6-8-3-4-15(14-8)10-5-7(13)1-2-9(10)12/h1-5H,6H2. The van der Waals surface area contributed by atoms with Gasteiger partial charge in [0.2, 0.25) is 0 Å². The molecule has 2 aromatic rings. The lowest BCUT2D eigenvalue weighted by Crippen LogP contribution is -1.97. The Bertz CT molecular complexity index is 482. The number of nitrogens with zero attached hydrogens (tertiary/aromatic N) is 2. The molecule has 0 saturated carbocycles. The number of hydrogen-bond acceptors (Lipinski definition) is 1. The Morgan fingerprint density at radius 3 is 2.80 bits per heavy atom. The molecule has 0 bridgehead atoms. The quantitative estimate of drug-likeness (QED) is 0.741. The zero-order valence-corrected chi connectivity index (χ0v) is 9.13. The number of hydrogen-bond donors (Lipinski definition) is 0. The predicted octanol–water partition coefficient (Wildman–Crippen LogP) is 3.40. The van der Waals surface area contributed by atoms with Crippen molar-refractivity contribution in [3.05, 3.63) is 47.0 Å². The molecule has 0 saturated heterocycles. The van der Waals surface area contributed by atoms with E-state index in [2.05, 4.69) is 5.10 Å². The fourth-order valence-electron chi connectivity index (χ4n) is 1.23. The van der Waals surface area contributed by atoms with Gasteiger partial charge in [0.25, 0.3) is 0 Å². The zero-order valence-electron chi connectivity index (χ0n) is 7.62. The van der Waals surface area contributed by atoms with E-state index < -0.39 is 0 Å². The van der Waals surface area contributed by atoms with Crippen LogP contribution in [-0.4, -0.2) is 9.78 Å². The molecule has 0 spiro atoms. The van der Waals surface area contributed by atoms with Gasteiger partial charge >= 0.3 is 0 Å². The van der Waals surface area contributed by atoms with Crippen molar-refractivity contribution < 1.29 is 4.39 Å². The Morgan fingerprint density at radius 1 is 1.33 bits per heavy atom. The molecule has 78 valence electrons. The van der Waals surface area contributed by atoms with Crippen molar-refractivity contribution >= 4 is 23.2 Å². The highest BCUT2D eigenvalue weighted by Gasteiger charge is 2.06. The minimum atomic E-state index is -0.350. The smallest absolute Gasteiger partial charge is 0.125 e. The number of benzene rings is 1. The summed E-state index contributed by atoms with van der Waals surface area (Å²) in [4.78, 5) is 0. The topological polar surface area (TPSA) is 17.8 Å². The summed E-state index contributed by atoms with van der Waals surface area (Å²) in [5, 5.41) is 4.58. The molecule has 0 N–H and O–H groups in total. The van der Waals surface area contributed by atoms with Gasteiger partial charge in [-0.15, -0.1) is 11.6 Å². The van der Waals surface area contributed by atoms with Crippen LogP contribution in [0.2, 0.25) is 5.02 Å². The van der Waals surface area contributed by atoms with E-state index in [9.17, 15) is 4.39 Å². The summed E-state index contributed by atoms with van der Waals surface area (Å²) in [7, 11) is 0. The van der Waals surface area contributed by atoms with Gasteiger partial charge in [-0.05, 0) is 18.2 Å². The molecule has 1 heterocycles. The van der Waals surface area contributed by atoms with Crippen molar-refractivity contribution in [1.29, 1.82) is 0 Å². The van der Waals surface area contributed by atoms with Crippen molar-refractivity contribution in [2.45, 2.75) is 5.88 Å². The Balaban J connectivity index is 2.48. The highest BCUT2D eigenvalue weighted by molar-refractivity contribution is 6.32. The van der Waals surface area contributed by atoms with Crippen LogP contribution in [0, 0.1) is 5.82 Å². The van der Waals surface area contributed by atoms with E-state index in [0.717, 1.165) is 5.69 Å². The van der Waals surface area contributed by atoms with Crippen molar-refractivity contribution in [2.24, 2.45) is 0 Å². The monoisotopic (exact) mass is 244 g/mol. The Hall–Kier alpha value is -1.06. The van der Waals surface area contributed by atoms with Gasteiger partial charge in [0.05, 0.1) is 22.3 Å². The second kappa shape index (κ2) is 4.21. The van der Waals surface area contributed by atoms with Crippen LogP contribution in [0.4, 0.5) is 4.39 Å². The molecule has 15 heavy (non-hydrogen) atoms. The van der Waals surface area contributed by atoms with Gasteiger partial charge in [0.1, 0.15) is 5.82 Å². The lowest BCUT2D eigenvalue weighted by atomic mass is 10.3. The largest absolute Gasteiger partial charge is 0.239 e. The van der Waals surface area contributed by atoms with Crippen molar-refractivity contribution in [1.82, 2.24) is 9.78 Å². The minimum absolute atomic E-state index is 0.319. The molecule has 0 aliphatic rings. The number of rotatable bonds is 2. The van der Waals surface area contributed by atoms with Crippen LogP contribution >= 0.6 is 23.2 Å². The van der Waals surface area contributed by atoms with Crippen LogP contribution in [0.3, 0.4) is 0 Å². The Labute approximate surface area is 96.2 Å². The van der Waals surface area contributed by atoms with Gasteiger partial charge < -0.3 is 0 Å². The van der Waals surface area contributed by atoms with E-state index in [1.54, 1.807) is 12.3 Å². The first-order chi connectivity index (χ1) is 7.20. The van der Waals surface area contributed by atoms with Gasteiger partial charge in [-0.25, -0.2) is 9.07 Å². The average molecular weight is 245 g/mol. The van der Waals surface area contributed by atoms with Crippen LogP contribution in [-0.2, 0) is 5.88 Å². The fraction of sp³-hybridized carbons (Fsp3) is 0.100. The first kappa shape index (κ1) is 10.5. The first-order valence-corrected chi connectivity index (χ1v) is 5.18. The van der Waals surface area contributed by atoms with Crippen LogP contribution in [0.5, 0.6) is 0 Å². The molecule has 0 aliphatic heterocycles. The first-order valence-electron chi connectivity index (χ1n) is 4.26. The third-order valence-electron chi connectivity index (χ3n) is 1.94. The van der Waals surface area contributed by atoms with Gasteiger partial charge in [-0.1, -0.05) is 11.6 Å². The summed E-state index contributed by atoms with van der Waals surface area (Å²) in [5.41, 5.74) is 1.23. The maximum Gasteiger partial charge on any atom is 0.125 e. The van der Waals surface area contributed by atoms with E-state index in [1.807, 2.05) is 0 Å². The summed E-state index contributed by atoms with van der Waals surface area (Å²) >= 11 is 11.5. The predicted molar refractivity (Wildman–Crippen MR) is 58.1 cm³/mol. The molecule has 0 radical (unpaired) electrons. The summed E-state index contributed by atoms with van der Waals surface area (Å²) in [5.74, 6) is -0.0303. The average Bonchev–Trinajstić information content (AvgIpc) is 2.70. The van der Waals surface area contributed by atoms with E-state index >= 15 is 0 Å². The third-order valence-corrected chi connectivity index (χ3v) is 2.53. The van der Waals surface area contributed by atoms with Gasteiger partial charge in [-0.3, -0.25) is 0 Å². The highest BCUT2D eigenvalue weighted by Crippen LogP contribution is 2.21. The normalized spacial score (nSPS) is 10.6. The second-order valence-corrected chi connectivity index (χ2v) is 3.66. The SMILES string of the molecule is Fc1ccc(Cl)c(-n2ccc(CCl)n2)c1. The van der Waals surface area contributed by atoms with Gasteiger partial charge in [0, 0.05) is 12.3 Å². The lowest BCUT2D eigenvalue weighted by molar-refractivity contribution is 0.625. The molecule has 5 heteroatoms. The summed E-state index contributed by atoms with van der Waals surface area (Å²) in [6.45, 7) is 0. The maximum absolute atomic E-state index is 13.0. The number of alkyl halides is 1. The zero-order chi connectivity index (χ0) is 10.8. The fourth-order valence-corrected chi connectivity index (χ4v) is 1.58. The summed E-state index contributed by atoms with van der Waals surface area (Å²) in [6, 6.07) is 5.88. The lowest BCUT2D eigenvalue weighted by Gasteiger charge is -2.03. The molecule has 0 aliphatic carbocycles. The molecule has 0 amide bonds. The van der Waals surface area contributed by atoms with Gasteiger partial charge in [-0.2, -0.15) is 5.10 Å². The summed E-state index contributed by atoms with van der Waals surface area (Å²) in [6.07, 6.45) is 1.69. The van der Waals surface area contributed by atoms with Crippen molar-refractivity contribution in [3.8, 4) is 5.69 Å². The molecule has 2 nitrogen and oxygen atoms in total. The van der Waals surface area contributed by atoms with Crippen LogP contribution in [0.25, 0.3) is 5.69 Å². The molecular weight excluding hydrogens is 238 g/mol. The van der Waals surface area contributed by atoms with Crippen LogP contribution < -0.4 is 0 Å². The van der Waals surface area contributed by atoms with Crippen LogP contribution in [0.15, 0.2) is 30.5 Å². The molecule has 1 aromatic carbocycles. The summed E-state index contributed by atoms with van der Waals surface area (Å²) < 4.78 is 14.5.